The predicted molar refractivity (Wildman–Crippen MR) is 137 cm³/mol. The molecule has 2 aromatic carbocycles. The topological polar surface area (TPSA) is 87.1 Å². The van der Waals surface area contributed by atoms with E-state index in [9.17, 15) is 23.2 Å². The first-order chi connectivity index (χ1) is 18.3. The van der Waals surface area contributed by atoms with E-state index in [4.69, 9.17) is 4.74 Å². The van der Waals surface area contributed by atoms with Crippen molar-refractivity contribution in [2.45, 2.75) is 19.6 Å². The number of nitrogens with one attached hydrogen (secondary N) is 1. The van der Waals surface area contributed by atoms with Crippen LogP contribution in [-0.4, -0.2) is 60.8 Å². The Morgan fingerprint density at radius 3 is 2.55 bits per heavy atom. The van der Waals surface area contributed by atoms with Crippen LogP contribution in [0.1, 0.15) is 33.3 Å². The van der Waals surface area contributed by atoms with E-state index in [1.807, 2.05) is 42.3 Å². The minimum absolute atomic E-state index is 0.0462. The molecular weight excluding hydrogens is 496 g/mol. The van der Waals surface area contributed by atoms with Crippen LogP contribution in [0.25, 0.3) is 0 Å². The van der Waals surface area contributed by atoms with Gasteiger partial charge in [-0.3, -0.25) is 24.1 Å². The molecule has 3 aromatic rings. The van der Waals surface area contributed by atoms with Crippen LogP contribution in [0.4, 0.5) is 14.5 Å². The molecule has 11 heteroatoms. The van der Waals surface area contributed by atoms with Gasteiger partial charge in [-0.2, -0.15) is 0 Å². The first-order valence-corrected chi connectivity index (χ1v) is 12.3. The zero-order valence-corrected chi connectivity index (χ0v) is 21.0. The number of methoxy groups -OCH3 is 1. The fourth-order valence-electron chi connectivity index (χ4n) is 5.03. The molecule has 3 heterocycles. The third-order valence-electron chi connectivity index (χ3n) is 6.94. The van der Waals surface area contributed by atoms with Crippen molar-refractivity contribution in [1.29, 1.82) is 0 Å². The number of carbonyl (C=O) groups excluding carboxylic acids is 2. The van der Waals surface area contributed by atoms with Crippen LogP contribution in [0.15, 0.2) is 59.5 Å². The fraction of sp³-hybridized carbons (Fsp3) is 0.296. The van der Waals surface area contributed by atoms with Gasteiger partial charge in [-0.15, -0.1) is 0 Å². The zero-order valence-electron chi connectivity index (χ0n) is 21.0. The normalized spacial score (nSPS) is 16.7. The fourth-order valence-corrected chi connectivity index (χ4v) is 5.03. The van der Waals surface area contributed by atoms with Crippen LogP contribution in [0.3, 0.4) is 0 Å². The molecule has 9 nitrogen and oxygen atoms in total. The molecule has 0 unspecified atom stereocenters. The summed E-state index contributed by atoms with van der Waals surface area (Å²) in [5.74, 6) is -2.93. The highest BCUT2D eigenvalue weighted by Crippen LogP contribution is 2.29. The van der Waals surface area contributed by atoms with Crippen LogP contribution in [0.5, 0.6) is 5.75 Å². The van der Waals surface area contributed by atoms with Crippen molar-refractivity contribution < 1.29 is 23.1 Å². The summed E-state index contributed by atoms with van der Waals surface area (Å²) >= 11 is 0. The van der Waals surface area contributed by atoms with Gasteiger partial charge in [0, 0.05) is 43.1 Å². The second kappa shape index (κ2) is 10.2. The SMILES string of the molecule is CCN1C(=O)c2c(OC)c(=O)c(C(=O)NCc3ccc(F)cc3F)cn2N2CCN(c3ccccc3)C[C@@H]12. The van der Waals surface area contributed by atoms with Gasteiger partial charge >= 0.3 is 0 Å². The van der Waals surface area contributed by atoms with Crippen molar-refractivity contribution in [3.05, 3.63) is 93.4 Å². The van der Waals surface area contributed by atoms with E-state index < -0.39 is 23.0 Å². The molecular formula is C27H27F2N5O4. The Bertz CT molecular complexity index is 1450. The molecule has 1 atom stereocenters. The molecule has 0 aliphatic carbocycles. The summed E-state index contributed by atoms with van der Waals surface area (Å²) in [4.78, 5) is 43.8. The lowest BCUT2D eigenvalue weighted by Gasteiger charge is -2.51. The number of rotatable bonds is 6. The van der Waals surface area contributed by atoms with Crippen LogP contribution < -0.4 is 25.4 Å². The number of likely N-dealkylation sites (N-methyl/N-ethyl adjacent to an activating group) is 1. The van der Waals surface area contributed by atoms with E-state index in [2.05, 4.69) is 10.2 Å². The van der Waals surface area contributed by atoms with Gasteiger partial charge in [-0.25, -0.2) is 8.78 Å². The number of aromatic nitrogens is 1. The first kappa shape index (κ1) is 25.2. The Kier molecular flexibility index (Phi) is 6.75. The summed E-state index contributed by atoms with van der Waals surface area (Å²) in [6, 6.07) is 12.9. The molecule has 1 fully saturated rings. The molecule has 0 spiro atoms. The quantitative estimate of drug-likeness (QED) is 0.534. The minimum Gasteiger partial charge on any atom is -0.491 e. The number of nitrogens with zero attached hydrogens (tertiary/aromatic N) is 4. The molecule has 2 aliphatic rings. The van der Waals surface area contributed by atoms with Crippen molar-refractivity contribution in [3.8, 4) is 5.75 Å². The number of piperazine rings is 1. The van der Waals surface area contributed by atoms with E-state index in [0.717, 1.165) is 17.8 Å². The highest BCUT2D eigenvalue weighted by Gasteiger charge is 2.43. The number of amides is 2. The molecule has 0 saturated carbocycles. The molecule has 1 saturated heterocycles. The van der Waals surface area contributed by atoms with Gasteiger partial charge in [0.25, 0.3) is 11.8 Å². The molecule has 38 heavy (non-hydrogen) atoms. The Hall–Kier alpha value is -4.41. The predicted octanol–water partition coefficient (Wildman–Crippen LogP) is 2.33. The maximum Gasteiger partial charge on any atom is 0.278 e. The van der Waals surface area contributed by atoms with Crippen molar-refractivity contribution in [3.63, 3.8) is 0 Å². The first-order valence-electron chi connectivity index (χ1n) is 12.3. The van der Waals surface area contributed by atoms with Gasteiger partial charge < -0.3 is 19.9 Å². The number of anilines is 1. The van der Waals surface area contributed by atoms with Crippen LogP contribution in [0, 0.1) is 11.6 Å². The molecule has 0 radical (unpaired) electrons. The molecule has 5 rings (SSSR count). The lowest BCUT2D eigenvalue weighted by molar-refractivity contribution is 0.0569. The van der Waals surface area contributed by atoms with E-state index >= 15 is 0 Å². The molecule has 2 amide bonds. The average Bonchev–Trinajstić information content (AvgIpc) is 2.92. The van der Waals surface area contributed by atoms with Crippen molar-refractivity contribution in [2.75, 3.05) is 43.2 Å². The Morgan fingerprint density at radius 2 is 1.87 bits per heavy atom. The maximum absolute atomic E-state index is 14.0. The molecule has 0 bridgehead atoms. The Labute approximate surface area is 217 Å². The molecule has 1 aromatic heterocycles. The molecule has 1 N–H and O–H groups in total. The highest BCUT2D eigenvalue weighted by atomic mass is 19.1. The summed E-state index contributed by atoms with van der Waals surface area (Å²) in [6.45, 7) is 3.69. The molecule has 198 valence electrons. The number of hydrogen-bond acceptors (Lipinski definition) is 6. The summed E-state index contributed by atoms with van der Waals surface area (Å²) in [6.07, 6.45) is 0.984. The van der Waals surface area contributed by atoms with E-state index in [1.165, 1.54) is 24.0 Å². The number of halogens is 2. The third-order valence-corrected chi connectivity index (χ3v) is 6.94. The number of benzene rings is 2. The van der Waals surface area contributed by atoms with E-state index in [-0.39, 0.29) is 41.2 Å². The Balaban J connectivity index is 1.50. The number of fused-ring (bicyclic) bond motifs is 3. The second-order valence-corrected chi connectivity index (χ2v) is 9.03. The smallest absolute Gasteiger partial charge is 0.278 e. The number of pyridine rings is 1. The lowest BCUT2D eigenvalue weighted by atomic mass is 10.1. The summed E-state index contributed by atoms with van der Waals surface area (Å²) in [5.41, 5.74) is 0.143. The average molecular weight is 524 g/mol. The maximum atomic E-state index is 14.0. The highest BCUT2D eigenvalue weighted by molar-refractivity contribution is 5.99. The number of ether oxygens (including phenoxy) is 1. The van der Waals surface area contributed by atoms with Crippen LogP contribution >= 0.6 is 0 Å². The van der Waals surface area contributed by atoms with Gasteiger partial charge in [0.1, 0.15) is 23.4 Å². The van der Waals surface area contributed by atoms with Gasteiger partial charge in [-0.1, -0.05) is 24.3 Å². The van der Waals surface area contributed by atoms with E-state index in [1.54, 1.807) is 4.90 Å². The van der Waals surface area contributed by atoms with Crippen LogP contribution in [0.2, 0.25) is 0 Å². The third kappa shape index (κ3) is 4.33. The van der Waals surface area contributed by atoms with Gasteiger partial charge in [0.15, 0.2) is 11.4 Å². The number of para-hydroxylation sites is 1. The summed E-state index contributed by atoms with van der Waals surface area (Å²) in [7, 11) is 1.27. The van der Waals surface area contributed by atoms with Crippen LogP contribution in [-0.2, 0) is 6.54 Å². The molecule has 2 aliphatic heterocycles. The number of hydrogen-bond donors (Lipinski definition) is 1. The standard InChI is InChI=1S/C27H27F2N5O4/c1-3-32-22-16-31(19-7-5-4-6-8-19)11-12-33(22)34-15-20(24(35)25(38-2)23(34)27(32)37)26(36)30-14-17-9-10-18(28)13-21(17)29/h4-10,13,15,22H,3,11-12,14,16H2,1-2H3,(H,30,36)/t22-/m0/s1. The van der Waals surface area contributed by atoms with Gasteiger partial charge in [0.2, 0.25) is 5.43 Å². The van der Waals surface area contributed by atoms with E-state index in [0.29, 0.717) is 26.2 Å². The van der Waals surface area contributed by atoms with Crippen molar-refractivity contribution >= 4 is 17.5 Å². The summed E-state index contributed by atoms with van der Waals surface area (Å²) in [5, 5.41) is 4.46. The van der Waals surface area contributed by atoms with Crippen molar-refractivity contribution in [1.82, 2.24) is 14.9 Å². The van der Waals surface area contributed by atoms with Gasteiger partial charge in [0.05, 0.1) is 20.2 Å². The second-order valence-electron chi connectivity index (χ2n) is 9.03. The lowest BCUT2D eigenvalue weighted by Crippen LogP contribution is -2.69. The Morgan fingerprint density at radius 1 is 1.11 bits per heavy atom. The van der Waals surface area contributed by atoms with Gasteiger partial charge in [-0.05, 0) is 25.1 Å². The van der Waals surface area contributed by atoms with Crippen molar-refractivity contribution in [2.24, 2.45) is 0 Å². The summed E-state index contributed by atoms with van der Waals surface area (Å²) < 4.78 is 34.2. The monoisotopic (exact) mass is 523 g/mol. The number of carbonyl (C=O) groups is 2. The minimum atomic E-state index is -0.811. The largest absolute Gasteiger partial charge is 0.491 e. The zero-order chi connectivity index (χ0) is 27.0.